The van der Waals surface area contributed by atoms with Crippen LogP contribution < -0.4 is 0 Å². The predicted octanol–water partition coefficient (Wildman–Crippen LogP) is 5.69. The summed E-state index contributed by atoms with van der Waals surface area (Å²) >= 11 is 0. The summed E-state index contributed by atoms with van der Waals surface area (Å²) in [7, 11) is 1.73. The average molecular weight is 332 g/mol. The van der Waals surface area contributed by atoms with Crippen LogP contribution in [0, 0.1) is 40.9 Å². The molecule has 0 spiro atoms. The summed E-state index contributed by atoms with van der Waals surface area (Å²) in [5.41, 5.74) is -1.36. The second-order valence-electron chi connectivity index (χ2n) is 8.66. The van der Waals surface area contributed by atoms with E-state index in [1.807, 2.05) is 0 Å². The highest BCUT2D eigenvalue weighted by molar-refractivity contribution is 5.15. The number of alkyl halides is 3. The molecule has 4 heteroatoms. The minimum Gasteiger partial charge on any atom is -0.382 e. The molecule has 0 saturated heterocycles. The van der Waals surface area contributed by atoms with Crippen molar-refractivity contribution in [2.45, 2.75) is 71.6 Å². The maximum Gasteiger partial charge on any atom is 0.394 e. The molecule has 4 saturated carbocycles. The first-order valence-electron chi connectivity index (χ1n) is 9.32. The number of hydrogen-bond donors (Lipinski definition) is 0. The van der Waals surface area contributed by atoms with Gasteiger partial charge in [-0.1, -0.05) is 13.8 Å². The molecule has 0 aromatic carbocycles. The van der Waals surface area contributed by atoms with E-state index in [2.05, 4.69) is 13.8 Å². The third-order valence-corrected chi connectivity index (χ3v) is 7.74. The van der Waals surface area contributed by atoms with Gasteiger partial charge in [-0.05, 0) is 81.0 Å². The minimum absolute atomic E-state index is 0.0483. The Morgan fingerprint density at radius 1 is 1.09 bits per heavy atom. The fraction of sp³-hybridized carbons (Fsp3) is 1.00. The molecule has 1 nitrogen and oxygen atoms in total. The van der Waals surface area contributed by atoms with Crippen molar-refractivity contribution in [2.75, 3.05) is 7.11 Å². The molecule has 0 heterocycles. The molecule has 0 amide bonds. The first-order valence-corrected chi connectivity index (χ1v) is 9.32. The Labute approximate surface area is 138 Å². The monoisotopic (exact) mass is 332 g/mol. The van der Waals surface area contributed by atoms with E-state index < -0.39 is 11.6 Å². The van der Waals surface area contributed by atoms with Gasteiger partial charge in [0.25, 0.3) is 0 Å². The number of rotatable bonds is 2. The lowest BCUT2D eigenvalue weighted by atomic mass is 9.61. The van der Waals surface area contributed by atoms with Crippen molar-refractivity contribution in [3.05, 3.63) is 0 Å². The third kappa shape index (κ3) is 2.63. The van der Waals surface area contributed by atoms with Gasteiger partial charge < -0.3 is 4.74 Å². The van der Waals surface area contributed by atoms with Crippen LogP contribution in [0.1, 0.15) is 59.3 Å². The van der Waals surface area contributed by atoms with E-state index in [0.717, 1.165) is 18.8 Å². The molecule has 4 aliphatic carbocycles. The van der Waals surface area contributed by atoms with E-state index in [1.165, 1.54) is 26.2 Å². The summed E-state index contributed by atoms with van der Waals surface area (Å²) in [5.74, 6) is 2.88. The van der Waals surface area contributed by atoms with E-state index in [0.29, 0.717) is 36.2 Å². The summed E-state index contributed by atoms with van der Waals surface area (Å²) < 4.78 is 44.8. The lowest BCUT2D eigenvalue weighted by Crippen LogP contribution is -2.46. The van der Waals surface area contributed by atoms with Gasteiger partial charge in [0, 0.05) is 7.11 Å². The largest absolute Gasteiger partial charge is 0.394 e. The normalized spacial score (nSPS) is 48.1. The molecule has 0 radical (unpaired) electrons. The molecule has 4 rings (SSSR count). The molecule has 134 valence electrons. The second kappa shape index (κ2) is 5.93. The first-order chi connectivity index (χ1) is 10.7. The van der Waals surface area contributed by atoms with E-state index in [4.69, 9.17) is 4.74 Å². The Morgan fingerprint density at radius 2 is 1.70 bits per heavy atom. The topological polar surface area (TPSA) is 9.23 Å². The Morgan fingerprint density at radius 3 is 2.17 bits per heavy atom. The molecule has 8 unspecified atom stereocenters. The van der Waals surface area contributed by atoms with Gasteiger partial charge in [-0.3, -0.25) is 0 Å². The Balaban J connectivity index is 0.000000227. The smallest absolute Gasteiger partial charge is 0.382 e. The zero-order valence-corrected chi connectivity index (χ0v) is 14.8. The highest BCUT2D eigenvalue weighted by atomic mass is 19.4. The zero-order chi connectivity index (χ0) is 17.0. The summed E-state index contributed by atoms with van der Waals surface area (Å²) in [6.07, 6.45) is 2.61. The molecule has 8 atom stereocenters. The van der Waals surface area contributed by atoms with Gasteiger partial charge in [-0.15, -0.1) is 0 Å². The molecule has 0 aromatic heterocycles. The van der Waals surface area contributed by atoms with Crippen molar-refractivity contribution in [2.24, 2.45) is 40.9 Å². The number of fused-ring (bicyclic) bond motifs is 9. The standard InChI is InChI=1S/C14H19F3.C5H12O/c1-13(14(15,16)17)6-9-5-10(13)12-8-3-2-7(4-8)11(9)12;1-4-5(2)6-3/h7-12H,2-6H2,1H3;5H,4H2,1-3H3. The SMILES string of the molecule is CC1(C(F)(F)F)CC2CC1C1C3CCC(C3)C21.CCC(C)OC. The van der Waals surface area contributed by atoms with E-state index in [9.17, 15) is 13.2 Å². The van der Waals surface area contributed by atoms with E-state index >= 15 is 0 Å². The summed E-state index contributed by atoms with van der Waals surface area (Å²) in [5, 5.41) is 0. The fourth-order valence-electron chi connectivity index (χ4n) is 6.41. The molecular formula is C19H31F3O. The van der Waals surface area contributed by atoms with Crippen LogP contribution in [0.25, 0.3) is 0 Å². The molecule has 0 aromatic rings. The van der Waals surface area contributed by atoms with Crippen molar-refractivity contribution in [3.8, 4) is 0 Å². The Bertz CT molecular complexity index is 431. The number of halogens is 3. The fourth-order valence-corrected chi connectivity index (χ4v) is 6.41. The van der Waals surface area contributed by atoms with Crippen LogP contribution >= 0.6 is 0 Å². The summed E-state index contributed by atoms with van der Waals surface area (Å²) in [4.78, 5) is 0. The van der Waals surface area contributed by atoms with Gasteiger partial charge in [-0.2, -0.15) is 13.2 Å². The highest BCUT2D eigenvalue weighted by Crippen LogP contribution is 2.74. The third-order valence-electron chi connectivity index (χ3n) is 7.74. The molecule has 0 N–H and O–H groups in total. The van der Waals surface area contributed by atoms with Crippen molar-refractivity contribution in [1.82, 2.24) is 0 Å². The number of ether oxygens (including phenoxy) is 1. The average Bonchev–Trinajstić information content (AvgIpc) is 3.23. The first kappa shape index (κ1) is 17.6. The summed E-state index contributed by atoms with van der Waals surface area (Å²) in [6, 6.07) is 0. The van der Waals surface area contributed by atoms with Crippen LogP contribution in [-0.2, 0) is 4.74 Å². The van der Waals surface area contributed by atoms with Crippen LogP contribution in [0.15, 0.2) is 0 Å². The van der Waals surface area contributed by atoms with Gasteiger partial charge in [0.2, 0.25) is 0 Å². The molecule has 23 heavy (non-hydrogen) atoms. The maximum absolute atomic E-state index is 13.3. The van der Waals surface area contributed by atoms with Crippen molar-refractivity contribution in [1.29, 1.82) is 0 Å². The highest BCUT2D eigenvalue weighted by Gasteiger charge is 2.71. The van der Waals surface area contributed by atoms with E-state index in [1.54, 1.807) is 7.11 Å². The number of methoxy groups -OCH3 is 1. The van der Waals surface area contributed by atoms with Crippen molar-refractivity contribution >= 4 is 0 Å². The molecule has 4 fully saturated rings. The Kier molecular flexibility index (Phi) is 4.53. The zero-order valence-electron chi connectivity index (χ0n) is 14.8. The van der Waals surface area contributed by atoms with Crippen LogP contribution in [0.5, 0.6) is 0 Å². The van der Waals surface area contributed by atoms with Crippen molar-refractivity contribution in [3.63, 3.8) is 0 Å². The van der Waals surface area contributed by atoms with Gasteiger partial charge in [0.15, 0.2) is 0 Å². The van der Waals surface area contributed by atoms with Crippen molar-refractivity contribution < 1.29 is 17.9 Å². The number of hydrogen-bond acceptors (Lipinski definition) is 1. The summed E-state index contributed by atoms with van der Waals surface area (Å²) in [6.45, 7) is 5.66. The van der Waals surface area contributed by atoms with Crippen LogP contribution in [0.2, 0.25) is 0 Å². The lowest BCUT2D eigenvalue weighted by molar-refractivity contribution is -0.245. The predicted molar refractivity (Wildman–Crippen MR) is 84.9 cm³/mol. The van der Waals surface area contributed by atoms with Crippen LogP contribution in [0.4, 0.5) is 13.2 Å². The van der Waals surface area contributed by atoms with Gasteiger partial charge >= 0.3 is 6.18 Å². The van der Waals surface area contributed by atoms with Crippen LogP contribution in [0.3, 0.4) is 0 Å². The molecule has 4 aliphatic rings. The molecule has 0 aliphatic heterocycles. The quantitative estimate of drug-likeness (QED) is 0.590. The van der Waals surface area contributed by atoms with Gasteiger partial charge in [0.1, 0.15) is 0 Å². The van der Waals surface area contributed by atoms with Gasteiger partial charge in [0.05, 0.1) is 11.5 Å². The van der Waals surface area contributed by atoms with Gasteiger partial charge in [-0.25, -0.2) is 0 Å². The molecular weight excluding hydrogens is 301 g/mol. The van der Waals surface area contributed by atoms with E-state index in [-0.39, 0.29) is 5.92 Å². The minimum atomic E-state index is -3.99. The Hall–Kier alpha value is -0.250. The second-order valence-corrected chi connectivity index (χ2v) is 8.66. The van der Waals surface area contributed by atoms with Crippen LogP contribution in [-0.4, -0.2) is 19.4 Å². The molecule has 4 bridgehead atoms. The maximum atomic E-state index is 13.3. The lowest BCUT2D eigenvalue weighted by Gasteiger charge is -2.45.